The van der Waals surface area contributed by atoms with Crippen LogP contribution in [0.3, 0.4) is 0 Å². The Hall–Kier alpha value is -2.42. The highest BCUT2D eigenvalue weighted by Crippen LogP contribution is 2.19. The third-order valence-electron chi connectivity index (χ3n) is 3.99. The molecule has 8 nitrogen and oxygen atoms in total. The Kier molecular flexibility index (Phi) is 4.04. The molecule has 0 saturated carbocycles. The standard InChI is InChI=1S/C15H18N4O4S/c1-10-13(11(2)23-16-10)9-18(3)15(20)12-4-5-14-17-24(21,22)7-6-19(14)8-12/h4-5,8H,6-7,9H2,1-3H3. The van der Waals surface area contributed by atoms with Crippen molar-refractivity contribution in [2.45, 2.75) is 20.4 Å². The van der Waals surface area contributed by atoms with Crippen LogP contribution in [-0.4, -0.2) is 54.5 Å². The van der Waals surface area contributed by atoms with Gasteiger partial charge in [-0.05, 0) is 26.0 Å². The average Bonchev–Trinajstić information content (AvgIpc) is 2.84. The van der Waals surface area contributed by atoms with Gasteiger partial charge in [-0.2, -0.15) is 0 Å². The molecule has 9 heteroatoms. The van der Waals surface area contributed by atoms with Crippen LogP contribution in [0.15, 0.2) is 32.8 Å². The number of hydrogen-bond donors (Lipinski definition) is 0. The summed E-state index contributed by atoms with van der Waals surface area (Å²) in [7, 11) is -1.70. The van der Waals surface area contributed by atoms with E-state index in [0.717, 1.165) is 11.3 Å². The number of sulfonamides is 1. The Labute approximate surface area is 140 Å². The second-order valence-corrected chi connectivity index (χ2v) is 7.57. The fourth-order valence-corrected chi connectivity index (χ4v) is 3.55. The van der Waals surface area contributed by atoms with Crippen molar-refractivity contribution in [2.75, 3.05) is 19.3 Å². The lowest BCUT2D eigenvalue weighted by Crippen LogP contribution is -2.38. The molecule has 24 heavy (non-hydrogen) atoms. The number of carbonyl (C=O) groups excluding carboxylic acids is 1. The normalized spacial score (nSPS) is 18.7. The second kappa shape index (κ2) is 5.90. The summed E-state index contributed by atoms with van der Waals surface area (Å²) in [4.78, 5) is 15.9. The van der Waals surface area contributed by atoms with E-state index in [4.69, 9.17) is 4.52 Å². The summed E-state index contributed by atoms with van der Waals surface area (Å²) in [5.41, 5.74) is 2.12. The van der Waals surface area contributed by atoms with Gasteiger partial charge in [0, 0.05) is 25.4 Å². The minimum Gasteiger partial charge on any atom is -0.361 e. The summed E-state index contributed by atoms with van der Waals surface area (Å²) < 4.78 is 31.8. The maximum absolute atomic E-state index is 12.6. The van der Waals surface area contributed by atoms with Crippen molar-refractivity contribution in [1.82, 2.24) is 15.0 Å². The van der Waals surface area contributed by atoms with E-state index < -0.39 is 10.0 Å². The number of hydrogen-bond acceptors (Lipinski definition) is 6. The Morgan fingerprint density at radius 1 is 1.38 bits per heavy atom. The molecule has 0 N–H and O–H groups in total. The molecule has 128 valence electrons. The van der Waals surface area contributed by atoms with Gasteiger partial charge in [0.05, 0.1) is 23.6 Å². The molecule has 0 bridgehead atoms. The predicted octanol–water partition coefficient (Wildman–Crippen LogP) is 0.747. The lowest BCUT2D eigenvalue weighted by Gasteiger charge is -2.28. The number of nitrogens with zero attached hydrogens (tertiary/aromatic N) is 4. The number of rotatable bonds is 3. The van der Waals surface area contributed by atoms with E-state index in [1.54, 1.807) is 35.2 Å². The van der Waals surface area contributed by atoms with E-state index in [1.165, 1.54) is 0 Å². The molecule has 0 unspecified atom stereocenters. The Morgan fingerprint density at radius 3 is 2.79 bits per heavy atom. The van der Waals surface area contributed by atoms with Crippen LogP contribution in [0.1, 0.15) is 17.0 Å². The van der Waals surface area contributed by atoms with Gasteiger partial charge in [-0.1, -0.05) is 5.16 Å². The largest absolute Gasteiger partial charge is 0.361 e. The molecule has 1 aromatic rings. The number of aromatic nitrogens is 1. The van der Waals surface area contributed by atoms with Gasteiger partial charge in [0.15, 0.2) is 0 Å². The van der Waals surface area contributed by atoms with Gasteiger partial charge in [-0.3, -0.25) is 4.79 Å². The van der Waals surface area contributed by atoms with E-state index >= 15 is 0 Å². The molecule has 3 rings (SSSR count). The van der Waals surface area contributed by atoms with Crippen LogP contribution in [0.2, 0.25) is 0 Å². The summed E-state index contributed by atoms with van der Waals surface area (Å²) in [6.45, 7) is 4.32. The van der Waals surface area contributed by atoms with Crippen LogP contribution in [0, 0.1) is 13.8 Å². The quantitative estimate of drug-likeness (QED) is 0.798. The molecule has 2 aliphatic heterocycles. The first-order valence-corrected chi connectivity index (χ1v) is 9.04. The highest BCUT2D eigenvalue weighted by atomic mass is 32.2. The molecular weight excluding hydrogens is 332 g/mol. The van der Waals surface area contributed by atoms with Gasteiger partial charge >= 0.3 is 0 Å². The Balaban J connectivity index is 1.77. The van der Waals surface area contributed by atoms with E-state index in [0.29, 0.717) is 23.7 Å². The Morgan fingerprint density at radius 2 is 2.12 bits per heavy atom. The van der Waals surface area contributed by atoms with Gasteiger partial charge in [0.1, 0.15) is 11.6 Å². The van der Waals surface area contributed by atoms with Crippen LogP contribution in [0.5, 0.6) is 0 Å². The number of amidine groups is 1. The zero-order valence-corrected chi connectivity index (χ0v) is 14.5. The SMILES string of the molecule is Cc1noc(C)c1CN(C)C(=O)C1=CN2CCS(=O)(=O)N=C2C=C1. The number of carbonyl (C=O) groups is 1. The summed E-state index contributed by atoms with van der Waals surface area (Å²) in [6.07, 6.45) is 4.77. The first-order chi connectivity index (χ1) is 11.3. The first kappa shape index (κ1) is 16.4. The Bertz CT molecular complexity index is 860. The van der Waals surface area contributed by atoms with E-state index in [-0.39, 0.29) is 18.2 Å². The molecule has 0 atom stereocenters. The van der Waals surface area contributed by atoms with Gasteiger partial charge in [0.25, 0.3) is 15.9 Å². The molecule has 1 amide bonds. The highest BCUT2D eigenvalue weighted by molar-refractivity contribution is 7.90. The highest BCUT2D eigenvalue weighted by Gasteiger charge is 2.26. The van der Waals surface area contributed by atoms with E-state index in [9.17, 15) is 13.2 Å². The number of likely N-dealkylation sites (N-methyl/N-ethyl adjacent to an activating group) is 1. The van der Waals surface area contributed by atoms with Crippen LogP contribution < -0.4 is 0 Å². The summed E-state index contributed by atoms with van der Waals surface area (Å²) >= 11 is 0. The zero-order valence-electron chi connectivity index (χ0n) is 13.7. The maximum Gasteiger partial charge on any atom is 0.256 e. The van der Waals surface area contributed by atoms with E-state index in [2.05, 4.69) is 9.55 Å². The van der Waals surface area contributed by atoms with Crippen molar-refractivity contribution in [3.8, 4) is 0 Å². The molecule has 0 spiro atoms. The summed E-state index contributed by atoms with van der Waals surface area (Å²) in [5.74, 6) is 0.804. The molecule has 0 aliphatic carbocycles. The number of aryl methyl sites for hydroxylation is 2. The smallest absolute Gasteiger partial charge is 0.256 e. The second-order valence-electron chi connectivity index (χ2n) is 5.81. The maximum atomic E-state index is 12.6. The fraction of sp³-hybridized carbons (Fsp3) is 0.400. The van der Waals surface area contributed by atoms with Crippen LogP contribution in [0.25, 0.3) is 0 Å². The summed E-state index contributed by atoms with van der Waals surface area (Å²) in [5, 5.41) is 3.89. The minimum absolute atomic E-state index is 0.0583. The van der Waals surface area contributed by atoms with Gasteiger partial charge < -0.3 is 14.3 Å². The predicted molar refractivity (Wildman–Crippen MR) is 87.6 cm³/mol. The minimum atomic E-state index is -3.40. The summed E-state index contributed by atoms with van der Waals surface area (Å²) in [6, 6.07) is 0. The average molecular weight is 350 g/mol. The van der Waals surface area contributed by atoms with Crippen molar-refractivity contribution >= 4 is 21.8 Å². The van der Waals surface area contributed by atoms with Crippen molar-refractivity contribution in [3.05, 3.63) is 40.9 Å². The van der Waals surface area contributed by atoms with Crippen molar-refractivity contribution < 1.29 is 17.7 Å². The van der Waals surface area contributed by atoms with Crippen molar-refractivity contribution in [3.63, 3.8) is 0 Å². The molecule has 3 heterocycles. The van der Waals surface area contributed by atoms with Crippen LogP contribution in [-0.2, 0) is 21.4 Å². The third-order valence-corrected chi connectivity index (χ3v) is 5.16. The molecular formula is C15H18N4O4S. The molecule has 2 aliphatic rings. The van der Waals surface area contributed by atoms with Crippen molar-refractivity contribution in [1.29, 1.82) is 0 Å². The van der Waals surface area contributed by atoms with Gasteiger partial charge in [-0.15, -0.1) is 4.40 Å². The van der Waals surface area contributed by atoms with Gasteiger partial charge in [0.2, 0.25) is 0 Å². The van der Waals surface area contributed by atoms with Gasteiger partial charge in [-0.25, -0.2) is 8.42 Å². The lowest BCUT2D eigenvalue weighted by atomic mass is 10.1. The topological polar surface area (TPSA) is 96.1 Å². The number of fused-ring (bicyclic) bond motifs is 1. The fourth-order valence-electron chi connectivity index (χ4n) is 2.58. The lowest BCUT2D eigenvalue weighted by molar-refractivity contribution is -0.126. The van der Waals surface area contributed by atoms with Crippen LogP contribution >= 0.6 is 0 Å². The molecule has 0 radical (unpaired) electrons. The zero-order chi connectivity index (χ0) is 17.5. The molecule has 0 saturated heterocycles. The molecule has 0 fully saturated rings. The monoisotopic (exact) mass is 350 g/mol. The molecule has 0 aromatic carbocycles. The van der Waals surface area contributed by atoms with Crippen LogP contribution in [0.4, 0.5) is 0 Å². The van der Waals surface area contributed by atoms with Crippen molar-refractivity contribution in [2.24, 2.45) is 4.40 Å². The first-order valence-electron chi connectivity index (χ1n) is 7.43. The number of amides is 1. The molecule has 1 aromatic heterocycles. The third kappa shape index (κ3) is 3.12. The van der Waals surface area contributed by atoms with E-state index in [1.807, 2.05) is 13.8 Å².